The van der Waals surface area contributed by atoms with Crippen molar-refractivity contribution in [1.82, 2.24) is 10.3 Å². The van der Waals surface area contributed by atoms with Gasteiger partial charge in [-0.2, -0.15) is 0 Å². The molecule has 2 N–H and O–H groups in total. The predicted octanol–water partition coefficient (Wildman–Crippen LogP) is 2.93. The molecule has 5 rings (SSSR count). The quantitative estimate of drug-likeness (QED) is 0.589. The molecular weight excluding hydrogens is 382 g/mol. The normalized spacial score (nSPS) is 16.9. The molecule has 2 aliphatic heterocycles. The van der Waals surface area contributed by atoms with Crippen LogP contribution >= 0.6 is 0 Å². The van der Waals surface area contributed by atoms with E-state index in [9.17, 15) is 4.79 Å². The van der Waals surface area contributed by atoms with Crippen molar-refractivity contribution in [2.45, 2.75) is 18.9 Å². The van der Waals surface area contributed by atoms with Crippen LogP contribution in [0.5, 0.6) is 17.2 Å². The lowest BCUT2D eigenvalue weighted by atomic mass is 10.1. The molecule has 2 aliphatic rings. The Balaban J connectivity index is 1.06. The second kappa shape index (κ2) is 8.20. The number of pyridine rings is 1. The summed E-state index contributed by atoms with van der Waals surface area (Å²) in [5.41, 5.74) is 2.64. The number of nitrogens with one attached hydrogen (secondary N) is 2. The van der Waals surface area contributed by atoms with Gasteiger partial charge in [0.2, 0.25) is 5.91 Å². The predicted molar refractivity (Wildman–Crippen MR) is 113 cm³/mol. The van der Waals surface area contributed by atoms with Gasteiger partial charge in [0.1, 0.15) is 18.5 Å². The number of carbonyl (C=O) groups excluding carboxylic acids is 1. The summed E-state index contributed by atoms with van der Waals surface area (Å²) in [6.07, 6.45) is 2.91. The number of carbonyl (C=O) groups is 1. The van der Waals surface area contributed by atoms with Crippen molar-refractivity contribution in [3.8, 4) is 17.2 Å². The topological polar surface area (TPSA) is 81.7 Å². The molecule has 0 bridgehead atoms. The maximum absolute atomic E-state index is 11.7. The van der Waals surface area contributed by atoms with Crippen LogP contribution in [0.15, 0.2) is 48.7 Å². The molecule has 0 fully saturated rings. The number of rotatable bonds is 7. The molecule has 1 amide bonds. The van der Waals surface area contributed by atoms with Crippen LogP contribution in [0.2, 0.25) is 0 Å². The maximum atomic E-state index is 11.7. The molecule has 7 nitrogen and oxygen atoms in total. The summed E-state index contributed by atoms with van der Waals surface area (Å²) in [4.78, 5) is 16.0. The lowest BCUT2D eigenvalue weighted by Gasteiger charge is -2.28. The zero-order valence-electron chi connectivity index (χ0n) is 16.5. The fraction of sp³-hybridized carbons (Fsp3) is 0.304. The van der Waals surface area contributed by atoms with E-state index in [1.54, 1.807) is 6.20 Å². The average Bonchev–Trinajstić information content (AvgIpc) is 3.17. The van der Waals surface area contributed by atoms with Crippen LogP contribution in [0.25, 0.3) is 10.9 Å². The summed E-state index contributed by atoms with van der Waals surface area (Å²) in [7, 11) is 0. The van der Waals surface area contributed by atoms with E-state index in [4.69, 9.17) is 14.2 Å². The Morgan fingerprint density at radius 2 is 2.20 bits per heavy atom. The van der Waals surface area contributed by atoms with E-state index < -0.39 is 0 Å². The number of hydrogen-bond donors (Lipinski definition) is 2. The first kappa shape index (κ1) is 18.7. The van der Waals surface area contributed by atoms with Crippen LogP contribution in [0, 0.1) is 0 Å². The first-order valence-electron chi connectivity index (χ1n) is 10.2. The van der Waals surface area contributed by atoms with Gasteiger partial charge in [-0.25, -0.2) is 0 Å². The molecule has 154 valence electrons. The van der Waals surface area contributed by atoms with Gasteiger partial charge in [0.15, 0.2) is 11.5 Å². The van der Waals surface area contributed by atoms with Crippen molar-refractivity contribution in [2.24, 2.45) is 0 Å². The Labute approximate surface area is 174 Å². The Hall–Kier alpha value is -3.32. The van der Waals surface area contributed by atoms with Crippen LogP contribution < -0.4 is 24.8 Å². The van der Waals surface area contributed by atoms with Gasteiger partial charge in [0.25, 0.3) is 0 Å². The number of fused-ring (bicyclic) bond motifs is 4. The van der Waals surface area contributed by atoms with Crippen molar-refractivity contribution in [2.75, 3.05) is 31.6 Å². The molecule has 30 heavy (non-hydrogen) atoms. The Morgan fingerprint density at radius 3 is 3.17 bits per heavy atom. The lowest BCUT2D eigenvalue weighted by Crippen LogP contribution is -2.39. The van der Waals surface area contributed by atoms with E-state index in [1.807, 2.05) is 42.5 Å². The van der Waals surface area contributed by atoms with E-state index in [1.165, 1.54) is 0 Å². The molecule has 7 heteroatoms. The van der Waals surface area contributed by atoms with Gasteiger partial charge in [-0.05, 0) is 43.3 Å². The molecule has 1 unspecified atom stereocenters. The Morgan fingerprint density at radius 1 is 1.23 bits per heavy atom. The van der Waals surface area contributed by atoms with Crippen molar-refractivity contribution in [3.63, 3.8) is 0 Å². The fourth-order valence-electron chi connectivity index (χ4n) is 3.77. The number of anilines is 1. The van der Waals surface area contributed by atoms with Gasteiger partial charge >= 0.3 is 0 Å². The Bertz CT molecular complexity index is 1090. The molecule has 0 radical (unpaired) electrons. The minimum atomic E-state index is -0.0906. The molecular formula is C23H23N3O4. The fourth-order valence-corrected chi connectivity index (χ4v) is 3.77. The van der Waals surface area contributed by atoms with E-state index in [2.05, 4.69) is 15.6 Å². The van der Waals surface area contributed by atoms with Crippen LogP contribution in [0.4, 0.5) is 5.69 Å². The molecule has 0 saturated heterocycles. The molecule has 3 aromatic rings. The highest BCUT2D eigenvalue weighted by Crippen LogP contribution is 2.41. The van der Waals surface area contributed by atoms with Gasteiger partial charge in [0.05, 0.1) is 18.5 Å². The largest absolute Gasteiger partial charge is 0.493 e. The standard InChI is InChI=1S/C23H23N3O4/c27-22-12-18-19(26-22)6-7-21-23(18)30-17(14-29-21)13-24-8-2-10-28-16-5-4-15-3-1-9-25-20(15)11-16/h1,3-7,9,11,17,24H,2,8,10,12-14H2,(H,26,27). The zero-order valence-corrected chi connectivity index (χ0v) is 16.5. The number of nitrogens with zero attached hydrogens (tertiary/aromatic N) is 1. The minimum absolute atomic E-state index is 0.00977. The molecule has 1 aromatic heterocycles. The molecule has 0 saturated carbocycles. The Kier molecular flexibility index (Phi) is 5.11. The summed E-state index contributed by atoms with van der Waals surface area (Å²) < 4.78 is 17.8. The van der Waals surface area contributed by atoms with E-state index >= 15 is 0 Å². The van der Waals surface area contributed by atoms with Crippen LogP contribution in [0.3, 0.4) is 0 Å². The van der Waals surface area contributed by atoms with E-state index in [0.717, 1.165) is 40.9 Å². The number of aromatic nitrogens is 1. The summed E-state index contributed by atoms with van der Waals surface area (Å²) in [6.45, 7) is 2.59. The third-order valence-corrected chi connectivity index (χ3v) is 5.26. The van der Waals surface area contributed by atoms with Gasteiger partial charge in [-0.1, -0.05) is 6.07 Å². The number of ether oxygens (including phenoxy) is 3. The minimum Gasteiger partial charge on any atom is -0.493 e. The summed E-state index contributed by atoms with van der Waals surface area (Å²) in [6, 6.07) is 13.6. The highest BCUT2D eigenvalue weighted by Gasteiger charge is 2.29. The average molecular weight is 405 g/mol. The SMILES string of the molecule is O=C1Cc2c(ccc3c2OC(CNCCCOc2ccc4cccnc4c2)CO3)N1. The highest BCUT2D eigenvalue weighted by atomic mass is 16.6. The molecule has 2 aromatic carbocycles. The first-order chi connectivity index (χ1) is 14.8. The van der Waals surface area contributed by atoms with Gasteiger partial charge in [0, 0.05) is 35.4 Å². The number of amides is 1. The van der Waals surface area contributed by atoms with Crippen molar-refractivity contribution in [3.05, 3.63) is 54.2 Å². The smallest absolute Gasteiger partial charge is 0.229 e. The molecule has 1 atom stereocenters. The monoisotopic (exact) mass is 405 g/mol. The highest BCUT2D eigenvalue weighted by molar-refractivity contribution is 6.00. The summed E-state index contributed by atoms with van der Waals surface area (Å²) in [5, 5.41) is 7.35. The summed E-state index contributed by atoms with van der Waals surface area (Å²) in [5.74, 6) is 2.22. The zero-order chi connectivity index (χ0) is 20.3. The summed E-state index contributed by atoms with van der Waals surface area (Å²) >= 11 is 0. The molecule has 3 heterocycles. The maximum Gasteiger partial charge on any atom is 0.229 e. The second-order valence-corrected chi connectivity index (χ2v) is 7.46. The van der Waals surface area contributed by atoms with Crippen molar-refractivity contribution < 1.29 is 19.0 Å². The van der Waals surface area contributed by atoms with E-state index in [0.29, 0.717) is 37.7 Å². The van der Waals surface area contributed by atoms with Crippen LogP contribution in [-0.2, 0) is 11.2 Å². The molecule has 0 aliphatic carbocycles. The molecule has 0 spiro atoms. The lowest BCUT2D eigenvalue weighted by molar-refractivity contribution is -0.115. The second-order valence-electron chi connectivity index (χ2n) is 7.46. The van der Waals surface area contributed by atoms with Gasteiger partial charge in [-0.15, -0.1) is 0 Å². The van der Waals surface area contributed by atoms with Gasteiger partial charge < -0.3 is 24.8 Å². The third-order valence-electron chi connectivity index (χ3n) is 5.26. The van der Waals surface area contributed by atoms with Crippen LogP contribution in [0.1, 0.15) is 12.0 Å². The van der Waals surface area contributed by atoms with Crippen molar-refractivity contribution >= 4 is 22.5 Å². The van der Waals surface area contributed by atoms with Crippen molar-refractivity contribution in [1.29, 1.82) is 0 Å². The number of hydrogen-bond acceptors (Lipinski definition) is 6. The van der Waals surface area contributed by atoms with E-state index in [-0.39, 0.29) is 12.0 Å². The third kappa shape index (κ3) is 3.89. The van der Waals surface area contributed by atoms with Gasteiger partial charge in [-0.3, -0.25) is 9.78 Å². The first-order valence-corrected chi connectivity index (χ1v) is 10.2. The number of benzene rings is 2. The van der Waals surface area contributed by atoms with Crippen LogP contribution in [-0.4, -0.2) is 43.3 Å².